The van der Waals surface area contributed by atoms with Crippen LogP contribution in [0.15, 0.2) is 18.2 Å². The number of aliphatic hydroxyl groups excluding tert-OH is 1. The van der Waals surface area contributed by atoms with Crippen molar-refractivity contribution in [1.82, 2.24) is 5.32 Å². The third-order valence-corrected chi connectivity index (χ3v) is 3.07. The Kier molecular flexibility index (Phi) is 6.15. The van der Waals surface area contributed by atoms with Crippen LogP contribution in [0.2, 0.25) is 4.34 Å². The summed E-state index contributed by atoms with van der Waals surface area (Å²) >= 11 is 7.18. The van der Waals surface area contributed by atoms with E-state index >= 15 is 0 Å². The molecular weight excluding hydrogens is 246 g/mol. The highest BCUT2D eigenvalue weighted by atomic mass is 35.5. The number of unbranched alkanes of at least 4 members (excludes halogenated alkanes) is 1. The van der Waals surface area contributed by atoms with Gasteiger partial charge in [0.05, 0.1) is 4.34 Å². The summed E-state index contributed by atoms with van der Waals surface area (Å²) in [6.45, 7) is 0.758. The van der Waals surface area contributed by atoms with Crippen molar-refractivity contribution >= 4 is 34.9 Å². The van der Waals surface area contributed by atoms with Gasteiger partial charge in [0.1, 0.15) is 0 Å². The summed E-state index contributed by atoms with van der Waals surface area (Å²) < 4.78 is 0.711. The minimum atomic E-state index is -0.123. The molecule has 1 amide bonds. The van der Waals surface area contributed by atoms with Gasteiger partial charge in [0.15, 0.2) is 0 Å². The zero-order chi connectivity index (χ0) is 11.8. The fourth-order valence-corrected chi connectivity index (χ4v) is 2.05. The van der Waals surface area contributed by atoms with Crippen LogP contribution < -0.4 is 5.32 Å². The van der Waals surface area contributed by atoms with Gasteiger partial charge in [-0.05, 0) is 31.1 Å². The van der Waals surface area contributed by atoms with Crippen LogP contribution in [-0.4, -0.2) is 24.2 Å². The second kappa shape index (κ2) is 7.44. The smallest absolute Gasteiger partial charge is 0.244 e. The van der Waals surface area contributed by atoms with Crippen molar-refractivity contribution in [3.8, 4) is 0 Å². The molecule has 0 radical (unpaired) electrons. The van der Waals surface area contributed by atoms with Crippen molar-refractivity contribution < 1.29 is 9.90 Å². The first kappa shape index (κ1) is 13.2. The van der Waals surface area contributed by atoms with Crippen molar-refractivity contribution in [2.24, 2.45) is 0 Å². The lowest BCUT2D eigenvalue weighted by Crippen LogP contribution is -2.22. The summed E-state index contributed by atoms with van der Waals surface area (Å²) in [5.74, 6) is -0.123. The van der Waals surface area contributed by atoms with Crippen LogP contribution in [0.1, 0.15) is 17.7 Å². The van der Waals surface area contributed by atoms with Crippen LogP contribution >= 0.6 is 22.9 Å². The fourth-order valence-electron chi connectivity index (χ4n) is 1.08. The summed E-state index contributed by atoms with van der Waals surface area (Å²) in [7, 11) is 0. The summed E-state index contributed by atoms with van der Waals surface area (Å²) in [4.78, 5) is 12.3. The van der Waals surface area contributed by atoms with E-state index in [1.165, 1.54) is 17.4 Å². The van der Waals surface area contributed by atoms with Gasteiger partial charge < -0.3 is 10.4 Å². The number of hydrogen-bond acceptors (Lipinski definition) is 3. The maximum atomic E-state index is 11.3. The van der Waals surface area contributed by atoms with Gasteiger partial charge >= 0.3 is 0 Å². The van der Waals surface area contributed by atoms with Crippen molar-refractivity contribution in [1.29, 1.82) is 0 Å². The van der Waals surface area contributed by atoms with E-state index in [0.29, 0.717) is 17.3 Å². The molecule has 0 unspecified atom stereocenters. The lowest BCUT2D eigenvalue weighted by molar-refractivity contribution is -0.116. The topological polar surface area (TPSA) is 49.3 Å². The molecule has 3 nitrogen and oxygen atoms in total. The molecule has 0 saturated heterocycles. The molecule has 0 fully saturated rings. The Morgan fingerprint density at radius 1 is 1.50 bits per heavy atom. The fraction of sp³-hybridized carbons (Fsp3) is 0.364. The highest BCUT2D eigenvalue weighted by molar-refractivity contribution is 7.17. The van der Waals surface area contributed by atoms with Crippen LogP contribution in [0.5, 0.6) is 0 Å². The number of carbonyl (C=O) groups is 1. The maximum Gasteiger partial charge on any atom is 0.244 e. The first-order valence-electron chi connectivity index (χ1n) is 5.04. The number of carbonyl (C=O) groups excluding carboxylic acids is 1. The first-order valence-corrected chi connectivity index (χ1v) is 6.24. The molecule has 2 N–H and O–H groups in total. The Morgan fingerprint density at radius 3 is 2.94 bits per heavy atom. The van der Waals surface area contributed by atoms with Gasteiger partial charge in [-0.2, -0.15) is 0 Å². The Bertz CT molecular complexity index is 363. The maximum absolute atomic E-state index is 11.3. The lowest BCUT2D eigenvalue weighted by Gasteiger charge is -1.99. The predicted molar refractivity (Wildman–Crippen MR) is 67.7 cm³/mol. The molecule has 1 heterocycles. The van der Waals surface area contributed by atoms with Crippen molar-refractivity contribution in [3.05, 3.63) is 27.4 Å². The third kappa shape index (κ3) is 5.30. The molecule has 88 valence electrons. The molecular formula is C11H14ClNO2S. The largest absolute Gasteiger partial charge is 0.396 e. The van der Waals surface area contributed by atoms with Gasteiger partial charge in [0, 0.05) is 24.1 Å². The first-order chi connectivity index (χ1) is 7.72. The van der Waals surface area contributed by atoms with Gasteiger partial charge in [-0.1, -0.05) is 11.6 Å². The second-order valence-corrected chi connectivity index (χ2v) is 4.94. The monoisotopic (exact) mass is 259 g/mol. The van der Waals surface area contributed by atoms with Crippen molar-refractivity contribution in [3.63, 3.8) is 0 Å². The SMILES string of the molecule is O=C(/C=C/c1ccc(Cl)s1)NCCCCO. The molecule has 0 aromatic carbocycles. The van der Waals surface area contributed by atoms with E-state index in [0.717, 1.165) is 11.3 Å². The molecule has 0 saturated carbocycles. The Labute approximate surface area is 104 Å². The Hall–Kier alpha value is -0.840. The summed E-state index contributed by atoms with van der Waals surface area (Å²) in [6.07, 6.45) is 4.73. The van der Waals surface area contributed by atoms with E-state index < -0.39 is 0 Å². The number of amides is 1. The predicted octanol–water partition coefficient (Wildman–Crippen LogP) is 2.30. The zero-order valence-corrected chi connectivity index (χ0v) is 10.4. The van der Waals surface area contributed by atoms with E-state index in [1.54, 1.807) is 12.1 Å². The molecule has 0 spiro atoms. The average molecular weight is 260 g/mol. The van der Waals surface area contributed by atoms with E-state index in [2.05, 4.69) is 5.32 Å². The molecule has 1 aromatic heterocycles. The van der Waals surface area contributed by atoms with Gasteiger partial charge in [-0.25, -0.2) is 0 Å². The molecule has 0 bridgehead atoms. The van der Waals surface area contributed by atoms with Crippen molar-refractivity contribution in [2.45, 2.75) is 12.8 Å². The van der Waals surface area contributed by atoms with E-state index in [9.17, 15) is 4.79 Å². The molecule has 0 aliphatic rings. The normalized spacial score (nSPS) is 10.9. The molecule has 1 rings (SSSR count). The number of thiophene rings is 1. The van der Waals surface area contributed by atoms with E-state index in [1.807, 2.05) is 6.07 Å². The van der Waals surface area contributed by atoms with E-state index in [4.69, 9.17) is 16.7 Å². The molecule has 5 heteroatoms. The summed E-state index contributed by atoms with van der Waals surface area (Å²) in [5, 5.41) is 11.3. The highest BCUT2D eigenvalue weighted by Crippen LogP contribution is 2.22. The number of halogens is 1. The van der Waals surface area contributed by atoms with Gasteiger partial charge in [0.2, 0.25) is 5.91 Å². The van der Waals surface area contributed by atoms with Crippen LogP contribution in [-0.2, 0) is 4.79 Å². The quantitative estimate of drug-likeness (QED) is 0.608. The minimum absolute atomic E-state index is 0.123. The van der Waals surface area contributed by atoms with Crippen molar-refractivity contribution in [2.75, 3.05) is 13.2 Å². The molecule has 0 aliphatic heterocycles. The number of aliphatic hydroxyl groups is 1. The van der Waals surface area contributed by atoms with E-state index in [-0.39, 0.29) is 12.5 Å². The molecule has 0 atom stereocenters. The number of hydrogen-bond donors (Lipinski definition) is 2. The standard InChI is InChI=1S/C11H14ClNO2S/c12-10-5-3-9(16-10)4-6-11(15)13-7-1-2-8-14/h3-6,14H,1-2,7-8H2,(H,13,15)/b6-4+. The molecule has 16 heavy (non-hydrogen) atoms. The number of nitrogens with one attached hydrogen (secondary N) is 1. The average Bonchev–Trinajstić information content (AvgIpc) is 2.68. The molecule has 1 aromatic rings. The summed E-state index contributed by atoms with van der Waals surface area (Å²) in [6, 6.07) is 3.66. The highest BCUT2D eigenvalue weighted by Gasteiger charge is 1.96. The van der Waals surface area contributed by atoms with Gasteiger partial charge in [-0.3, -0.25) is 4.79 Å². The van der Waals surface area contributed by atoms with Gasteiger partial charge in [0.25, 0.3) is 0 Å². The van der Waals surface area contributed by atoms with Gasteiger partial charge in [-0.15, -0.1) is 11.3 Å². The minimum Gasteiger partial charge on any atom is -0.396 e. The number of rotatable bonds is 6. The van der Waals surface area contributed by atoms with Crippen LogP contribution in [0.3, 0.4) is 0 Å². The summed E-state index contributed by atoms with van der Waals surface area (Å²) in [5.41, 5.74) is 0. The Morgan fingerprint density at radius 2 is 2.31 bits per heavy atom. The van der Waals surface area contributed by atoms with Crippen LogP contribution in [0.4, 0.5) is 0 Å². The molecule has 0 aliphatic carbocycles. The Balaban J connectivity index is 2.26. The lowest BCUT2D eigenvalue weighted by atomic mass is 10.3. The second-order valence-electron chi connectivity index (χ2n) is 3.20. The van der Waals surface area contributed by atoms with Crippen LogP contribution in [0, 0.1) is 0 Å². The van der Waals surface area contributed by atoms with Crippen LogP contribution in [0.25, 0.3) is 6.08 Å². The third-order valence-electron chi connectivity index (χ3n) is 1.88. The zero-order valence-electron chi connectivity index (χ0n) is 8.78.